The molecule has 0 spiro atoms. The zero-order valence-electron chi connectivity index (χ0n) is 11.4. The first-order valence-corrected chi connectivity index (χ1v) is 7.18. The predicted octanol–water partition coefficient (Wildman–Crippen LogP) is 3.49. The van der Waals surface area contributed by atoms with Gasteiger partial charge in [0.15, 0.2) is 0 Å². The normalized spacial score (nSPS) is 22.1. The fourth-order valence-corrected chi connectivity index (χ4v) is 3.49. The van der Waals surface area contributed by atoms with Gasteiger partial charge in [-0.25, -0.2) is 0 Å². The highest BCUT2D eigenvalue weighted by atomic mass is 16.3. The number of rotatable bonds is 2. The Morgan fingerprint density at radius 1 is 1.20 bits per heavy atom. The lowest BCUT2D eigenvalue weighted by atomic mass is 9.78. The number of hydrogen-bond donors (Lipinski definition) is 2. The summed E-state index contributed by atoms with van der Waals surface area (Å²) in [5.74, 6) is 0.957. The molecule has 1 unspecified atom stereocenters. The fourth-order valence-electron chi connectivity index (χ4n) is 3.49. The number of furan rings is 1. The Hall–Kier alpha value is -2.00. The Balaban J connectivity index is 1.85. The summed E-state index contributed by atoms with van der Waals surface area (Å²) in [6, 6.07) is 12.4. The largest absolute Gasteiger partial charge is 0.469 e. The predicted molar refractivity (Wildman–Crippen MR) is 79.5 cm³/mol. The van der Waals surface area contributed by atoms with Crippen LogP contribution in [0, 0.1) is 0 Å². The van der Waals surface area contributed by atoms with Crippen LogP contribution in [0.3, 0.4) is 0 Å². The summed E-state index contributed by atoms with van der Waals surface area (Å²) in [5, 5.41) is 1.32. The van der Waals surface area contributed by atoms with Crippen LogP contribution in [0.15, 0.2) is 47.1 Å². The molecule has 3 nitrogen and oxygen atoms in total. The highest BCUT2D eigenvalue weighted by Gasteiger charge is 2.36. The van der Waals surface area contributed by atoms with Crippen molar-refractivity contribution >= 4 is 10.9 Å². The Morgan fingerprint density at radius 2 is 2.10 bits per heavy atom. The van der Waals surface area contributed by atoms with Crippen LogP contribution in [0.4, 0.5) is 0 Å². The van der Waals surface area contributed by atoms with E-state index in [1.165, 1.54) is 22.2 Å². The van der Waals surface area contributed by atoms with Gasteiger partial charge < -0.3 is 15.1 Å². The molecule has 3 aromatic rings. The van der Waals surface area contributed by atoms with Crippen molar-refractivity contribution in [3.63, 3.8) is 0 Å². The zero-order chi connectivity index (χ0) is 13.6. The van der Waals surface area contributed by atoms with Crippen LogP contribution in [0.25, 0.3) is 10.9 Å². The summed E-state index contributed by atoms with van der Waals surface area (Å²) in [4.78, 5) is 3.55. The molecule has 0 radical (unpaired) electrons. The SMILES string of the molecule is NC1(Cc2ccco2)CCCc2c1[nH]c1ccccc21. The van der Waals surface area contributed by atoms with Gasteiger partial charge >= 0.3 is 0 Å². The Bertz CT molecular complexity index is 742. The number of H-pyrrole nitrogens is 1. The standard InChI is InChI=1S/C17H18N2O/c18-17(11-12-5-4-10-20-12)9-3-7-14-13-6-1-2-8-15(13)19-16(14)17/h1-2,4-6,8,10,19H,3,7,9,11,18H2. The van der Waals surface area contributed by atoms with Gasteiger partial charge in [0.2, 0.25) is 0 Å². The summed E-state index contributed by atoms with van der Waals surface area (Å²) in [6.45, 7) is 0. The summed E-state index contributed by atoms with van der Waals surface area (Å²) in [5.41, 5.74) is 10.2. The molecule has 4 rings (SSSR count). The number of aromatic nitrogens is 1. The van der Waals surface area contributed by atoms with E-state index in [0.717, 1.165) is 31.4 Å². The molecule has 1 aliphatic rings. The van der Waals surface area contributed by atoms with Crippen molar-refractivity contribution in [2.24, 2.45) is 5.73 Å². The van der Waals surface area contributed by atoms with Crippen LogP contribution in [0.5, 0.6) is 0 Å². The minimum atomic E-state index is -0.343. The molecule has 3 N–H and O–H groups in total. The maximum atomic E-state index is 6.73. The molecule has 20 heavy (non-hydrogen) atoms. The van der Waals surface area contributed by atoms with Crippen molar-refractivity contribution in [1.82, 2.24) is 4.98 Å². The van der Waals surface area contributed by atoms with Gasteiger partial charge in [-0.05, 0) is 43.0 Å². The number of aromatic amines is 1. The number of fused-ring (bicyclic) bond motifs is 3. The van der Waals surface area contributed by atoms with E-state index < -0.39 is 0 Å². The lowest BCUT2D eigenvalue weighted by molar-refractivity contribution is 0.333. The number of hydrogen-bond acceptors (Lipinski definition) is 2. The molecule has 0 saturated carbocycles. The monoisotopic (exact) mass is 266 g/mol. The van der Waals surface area contributed by atoms with E-state index in [2.05, 4.69) is 29.2 Å². The van der Waals surface area contributed by atoms with E-state index in [1.807, 2.05) is 12.1 Å². The lowest BCUT2D eigenvalue weighted by Gasteiger charge is -2.33. The molecule has 2 heterocycles. The molecular weight excluding hydrogens is 248 g/mol. The van der Waals surface area contributed by atoms with Crippen molar-refractivity contribution in [2.75, 3.05) is 0 Å². The molecule has 1 atom stereocenters. The second-order valence-corrected chi connectivity index (χ2v) is 5.79. The third-order valence-corrected chi connectivity index (χ3v) is 4.43. The number of nitrogens with two attached hydrogens (primary N) is 1. The molecule has 2 aromatic heterocycles. The molecule has 0 saturated heterocycles. The van der Waals surface area contributed by atoms with E-state index in [4.69, 9.17) is 10.2 Å². The minimum absolute atomic E-state index is 0.343. The summed E-state index contributed by atoms with van der Waals surface area (Å²) in [6.07, 6.45) is 5.70. The van der Waals surface area contributed by atoms with E-state index in [1.54, 1.807) is 6.26 Å². The van der Waals surface area contributed by atoms with Gasteiger partial charge in [-0.15, -0.1) is 0 Å². The molecule has 102 valence electrons. The topological polar surface area (TPSA) is 54.9 Å². The second-order valence-electron chi connectivity index (χ2n) is 5.79. The van der Waals surface area contributed by atoms with Crippen LogP contribution in [-0.4, -0.2) is 4.98 Å². The van der Waals surface area contributed by atoms with E-state index in [0.29, 0.717) is 0 Å². The smallest absolute Gasteiger partial charge is 0.105 e. The van der Waals surface area contributed by atoms with Crippen molar-refractivity contribution in [1.29, 1.82) is 0 Å². The maximum absolute atomic E-state index is 6.73. The third kappa shape index (κ3) is 1.70. The van der Waals surface area contributed by atoms with Gasteiger partial charge in [0.25, 0.3) is 0 Å². The first kappa shape index (κ1) is 11.8. The second kappa shape index (κ2) is 4.25. The van der Waals surface area contributed by atoms with Gasteiger partial charge in [0, 0.05) is 23.0 Å². The molecule has 1 aromatic carbocycles. The van der Waals surface area contributed by atoms with E-state index >= 15 is 0 Å². The molecular formula is C17H18N2O. The number of aryl methyl sites for hydroxylation is 1. The van der Waals surface area contributed by atoms with E-state index in [9.17, 15) is 0 Å². The molecule has 1 aliphatic carbocycles. The summed E-state index contributed by atoms with van der Waals surface area (Å²) in [7, 11) is 0. The number of benzene rings is 1. The Labute approximate surface area is 117 Å². The van der Waals surface area contributed by atoms with Crippen molar-refractivity contribution in [3.8, 4) is 0 Å². The van der Waals surface area contributed by atoms with Gasteiger partial charge in [-0.2, -0.15) is 0 Å². The maximum Gasteiger partial charge on any atom is 0.105 e. The van der Waals surface area contributed by atoms with Gasteiger partial charge in [-0.3, -0.25) is 0 Å². The Kier molecular flexibility index (Phi) is 2.51. The molecule has 0 amide bonds. The van der Waals surface area contributed by atoms with Gasteiger partial charge in [0.05, 0.1) is 11.8 Å². The quantitative estimate of drug-likeness (QED) is 0.746. The average molecular weight is 266 g/mol. The molecule has 3 heteroatoms. The summed E-state index contributed by atoms with van der Waals surface area (Å²) < 4.78 is 5.50. The van der Waals surface area contributed by atoms with Crippen molar-refractivity contribution in [3.05, 3.63) is 59.7 Å². The first-order chi connectivity index (χ1) is 9.76. The molecule has 0 fully saturated rings. The van der Waals surface area contributed by atoms with Crippen LogP contribution in [0.2, 0.25) is 0 Å². The van der Waals surface area contributed by atoms with Crippen LogP contribution in [-0.2, 0) is 18.4 Å². The van der Waals surface area contributed by atoms with Crippen molar-refractivity contribution < 1.29 is 4.42 Å². The number of para-hydroxylation sites is 1. The highest BCUT2D eigenvalue weighted by Crippen LogP contribution is 2.39. The van der Waals surface area contributed by atoms with E-state index in [-0.39, 0.29) is 5.54 Å². The summed E-state index contributed by atoms with van der Waals surface area (Å²) >= 11 is 0. The minimum Gasteiger partial charge on any atom is -0.469 e. The number of nitrogens with one attached hydrogen (secondary N) is 1. The molecule has 0 bridgehead atoms. The third-order valence-electron chi connectivity index (χ3n) is 4.43. The van der Waals surface area contributed by atoms with Gasteiger partial charge in [0.1, 0.15) is 5.76 Å². The van der Waals surface area contributed by atoms with Crippen LogP contribution in [0.1, 0.15) is 29.9 Å². The molecule has 0 aliphatic heterocycles. The first-order valence-electron chi connectivity index (χ1n) is 7.18. The van der Waals surface area contributed by atoms with Crippen molar-refractivity contribution in [2.45, 2.75) is 31.2 Å². The zero-order valence-corrected chi connectivity index (χ0v) is 11.4. The van der Waals surface area contributed by atoms with Gasteiger partial charge in [-0.1, -0.05) is 18.2 Å². The highest BCUT2D eigenvalue weighted by molar-refractivity contribution is 5.85. The lowest BCUT2D eigenvalue weighted by Crippen LogP contribution is -2.42. The van der Waals surface area contributed by atoms with Crippen LogP contribution < -0.4 is 5.73 Å². The fraction of sp³-hybridized carbons (Fsp3) is 0.294. The average Bonchev–Trinajstić information content (AvgIpc) is 3.07. The van der Waals surface area contributed by atoms with Crippen LogP contribution >= 0.6 is 0 Å². The Morgan fingerprint density at radius 3 is 2.95 bits per heavy atom.